The van der Waals surface area contributed by atoms with Crippen molar-refractivity contribution in [3.8, 4) is 22.9 Å². The summed E-state index contributed by atoms with van der Waals surface area (Å²) in [5, 5.41) is 9.98. The number of aromatic nitrogens is 3. The first kappa shape index (κ1) is 17.1. The lowest BCUT2D eigenvalue weighted by Crippen LogP contribution is -2.37. The number of nitrogens with one attached hydrogen (secondary N) is 2. The van der Waals surface area contributed by atoms with Crippen molar-refractivity contribution in [3.05, 3.63) is 59.9 Å². The van der Waals surface area contributed by atoms with Crippen molar-refractivity contribution in [2.24, 2.45) is 5.92 Å². The van der Waals surface area contributed by atoms with Crippen molar-refractivity contribution >= 4 is 5.91 Å². The van der Waals surface area contributed by atoms with Crippen molar-refractivity contribution in [1.29, 1.82) is 0 Å². The summed E-state index contributed by atoms with van der Waals surface area (Å²) in [6, 6.07) is 15.4. The van der Waals surface area contributed by atoms with Crippen molar-refractivity contribution in [1.82, 2.24) is 20.5 Å². The van der Waals surface area contributed by atoms with E-state index in [0.717, 1.165) is 16.9 Å². The number of carbonyl (C=O) groups is 1. The van der Waals surface area contributed by atoms with Crippen LogP contribution in [0.4, 0.5) is 0 Å². The molecule has 2 aromatic carbocycles. The first-order valence-electron chi connectivity index (χ1n) is 8.77. The van der Waals surface area contributed by atoms with Gasteiger partial charge in [-0.2, -0.15) is 5.10 Å². The Kier molecular flexibility index (Phi) is 4.74. The van der Waals surface area contributed by atoms with Crippen LogP contribution in [0.5, 0.6) is 11.5 Å². The second-order valence-electron chi connectivity index (χ2n) is 6.35. The fourth-order valence-corrected chi connectivity index (χ4v) is 3.13. The van der Waals surface area contributed by atoms with Gasteiger partial charge in [-0.15, -0.1) is 0 Å². The van der Waals surface area contributed by atoms with Gasteiger partial charge in [0.15, 0.2) is 17.3 Å². The molecule has 0 spiro atoms. The molecule has 4 rings (SSSR count). The molecule has 0 bridgehead atoms. The Labute approximate surface area is 156 Å². The van der Waals surface area contributed by atoms with Gasteiger partial charge < -0.3 is 14.8 Å². The number of rotatable bonds is 5. The van der Waals surface area contributed by atoms with E-state index in [1.807, 2.05) is 48.5 Å². The zero-order valence-electron chi connectivity index (χ0n) is 14.9. The normalized spacial score (nSPS) is 15.5. The first-order chi connectivity index (χ1) is 13.2. The fourth-order valence-electron chi connectivity index (χ4n) is 3.13. The molecule has 1 unspecified atom stereocenters. The molecule has 0 fully saturated rings. The number of hydrogen-bond acceptors (Lipinski definition) is 5. The molecule has 3 aromatic rings. The molecule has 27 heavy (non-hydrogen) atoms. The molecule has 1 aliphatic heterocycles. The minimum absolute atomic E-state index is 0.0684. The van der Waals surface area contributed by atoms with E-state index in [2.05, 4.69) is 20.5 Å². The van der Waals surface area contributed by atoms with Crippen LogP contribution in [0.25, 0.3) is 11.4 Å². The van der Waals surface area contributed by atoms with Crippen LogP contribution in [-0.4, -0.2) is 34.8 Å². The first-order valence-corrected chi connectivity index (χ1v) is 8.77. The minimum Gasteiger partial charge on any atom is -0.493 e. The van der Waals surface area contributed by atoms with E-state index < -0.39 is 0 Å². The molecule has 7 nitrogen and oxygen atoms in total. The number of nitrogens with zero attached hydrogens (tertiary/aromatic N) is 2. The number of ether oxygens (including phenoxy) is 2. The third-order valence-electron chi connectivity index (χ3n) is 4.54. The summed E-state index contributed by atoms with van der Waals surface area (Å²) < 4.78 is 11.1. The topological polar surface area (TPSA) is 89.1 Å². The highest BCUT2D eigenvalue weighted by molar-refractivity contribution is 5.79. The Morgan fingerprint density at radius 2 is 2.11 bits per heavy atom. The molecule has 2 N–H and O–H groups in total. The number of benzene rings is 2. The summed E-state index contributed by atoms with van der Waals surface area (Å²) in [5.41, 5.74) is 1.91. The third kappa shape index (κ3) is 3.62. The lowest BCUT2D eigenvalue weighted by molar-refractivity contribution is -0.126. The number of carbonyl (C=O) groups excluding carboxylic acids is 1. The van der Waals surface area contributed by atoms with E-state index in [9.17, 15) is 4.79 Å². The molecular weight excluding hydrogens is 344 g/mol. The molecule has 0 aliphatic carbocycles. The van der Waals surface area contributed by atoms with Crippen LogP contribution in [0.3, 0.4) is 0 Å². The molecule has 2 heterocycles. The molecule has 1 amide bonds. The average Bonchev–Trinajstić information content (AvgIpc) is 3.21. The fraction of sp³-hybridized carbons (Fsp3) is 0.250. The van der Waals surface area contributed by atoms with Gasteiger partial charge in [-0.05, 0) is 18.1 Å². The Bertz CT molecular complexity index is 939. The van der Waals surface area contributed by atoms with Gasteiger partial charge >= 0.3 is 0 Å². The van der Waals surface area contributed by atoms with Crippen LogP contribution in [0.15, 0.2) is 48.5 Å². The molecule has 7 heteroatoms. The zero-order valence-corrected chi connectivity index (χ0v) is 14.9. The van der Waals surface area contributed by atoms with Gasteiger partial charge in [0, 0.05) is 5.56 Å². The smallest absolute Gasteiger partial charge is 0.227 e. The monoisotopic (exact) mass is 364 g/mol. The summed E-state index contributed by atoms with van der Waals surface area (Å²) in [6.07, 6.45) is 0.615. The molecule has 0 saturated carbocycles. The van der Waals surface area contributed by atoms with Crippen molar-refractivity contribution in [2.75, 3.05) is 13.7 Å². The summed E-state index contributed by atoms with van der Waals surface area (Å²) in [6.45, 7) is 0.616. The molecule has 138 valence electrons. The predicted octanol–water partition coefficient (Wildman–Crippen LogP) is 2.35. The van der Waals surface area contributed by atoms with E-state index in [-0.39, 0.29) is 11.8 Å². The Morgan fingerprint density at radius 1 is 1.26 bits per heavy atom. The molecular formula is C20H20N4O3. The third-order valence-corrected chi connectivity index (χ3v) is 4.54. The van der Waals surface area contributed by atoms with Crippen molar-refractivity contribution in [2.45, 2.75) is 13.0 Å². The molecule has 0 radical (unpaired) electrons. The Hall–Kier alpha value is -3.35. The van der Waals surface area contributed by atoms with Crippen LogP contribution in [0.2, 0.25) is 0 Å². The maximum atomic E-state index is 12.5. The quantitative estimate of drug-likeness (QED) is 0.725. The van der Waals surface area contributed by atoms with Gasteiger partial charge in [-0.3, -0.25) is 9.89 Å². The van der Waals surface area contributed by atoms with Crippen LogP contribution in [0.1, 0.15) is 11.4 Å². The van der Waals surface area contributed by atoms with Crippen molar-refractivity contribution in [3.63, 3.8) is 0 Å². The van der Waals surface area contributed by atoms with Crippen molar-refractivity contribution < 1.29 is 14.3 Å². The largest absolute Gasteiger partial charge is 0.493 e. The maximum Gasteiger partial charge on any atom is 0.227 e. The average molecular weight is 364 g/mol. The van der Waals surface area contributed by atoms with Crippen LogP contribution in [-0.2, 0) is 17.8 Å². The van der Waals surface area contributed by atoms with Crippen LogP contribution >= 0.6 is 0 Å². The Balaban J connectivity index is 1.37. The number of aromatic amines is 1. The van der Waals surface area contributed by atoms with E-state index >= 15 is 0 Å². The van der Waals surface area contributed by atoms with Gasteiger partial charge in [0.2, 0.25) is 5.91 Å². The van der Waals surface area contributed by atoms with Gasteiger partial charge in [-0.1, -0.05) is 42.5 Å². The van der Waals surface area contributed by atoms with Gasteiger partial charge in [0.25, 0.3) is 0 Å². The second kappa shape index (κ2) is 7.49. The maximum absolute atomic E-state index is 12.5. The molecule has 0 saturated heterocycles. The van der Waals surface area contributed by atoms with E-state index in [0.29, 0.717) is 37.0 Å². The number of fused-ring (bicyclic) bond motifs is 1. The van der Waals surface area contributed by atoms with Gasteiger partial charge in [0.1, 0.15) is 12.4 Å². The van der Waals surface area contributed by atoms with Gasteiger partial charge in [-0.25, -0.2) is 4.98 Å². The minimum atomic E-state index is -0.249. The summed E-state index contributed by atoms with van der Waals surface area (Å²) in [4.78, 5) is 17.0. The predicted molar refractivity (Wildman–Crippen MR) is 99.3 cm³/mol. The number of H-pyrrole nitrogens is 1. The van der Waals surface area contributed by atoms with E-state index in [1.54, 1.807) is 7.11 Å². The molecule has 1 atom stereocenters. The lowest BCUT2D eigenvalue weighted by atomic mass is 9.95. The highest BCUT2D eigenvalue weighted by Gasteiger charge is 2.27. The molecule has 1 aromatic heterocycles. The zero-order chi connectivity index (χ0) is 18.6. The van der Waals surface area contributed by atoms with E-state index in [1.165, 1.54) is 0 Å². The lowest BCUT2D eigenvalue weighted by Gasteiger charge is -2.25. The number of hydrogen-bond donors (Lipinski definition) is 2. The summed E-state index contributed by atoms with van der Waals surface area (Å²) >= 11 is 0. The number of amides is 1. The standard InChI is InChI=1S/C20H20N4O3/c1-26-16-9-5-8-14-10-15(12-27-18(14)16)20(25)21-11-17-22-19(24-23-17)13-6-3-2-4-7-13/h2-9,15H,10-12H2,1H3,(H,21,25)(H,22,23,24). The van der Waals surface area contributed by atoms with Crippen LogP contribution in [0, 0.1) is 5.92 Å². The molecule has 1 aliphatic rings. The highest BCUT2D eigenvalue weighted by atomic mass is 16.5. The Morgan fingerprint density at radius 3 is 2.93 bits per heavy atom. The van der Waals surface area contributed by atoms with Crippen LogP contribution < -0.4 is 14.8 Å². The highest BCUT2D eigenvalue weighted by Crippen LogP contribution is 2.36. The summed E-state index contributed by atoms with van der Waals surface area (Å²) in [7, 11) is 1.61. The SMILES string of the molecule is COc1cccc2c1OCC(C(=O)NCc1nc(-c3ccccc3)n[nH]1)C2. The summed E-state index contributed by atoms with van der Waals surface area (Å²) in [5.74, 6) is 2.33. The van der Waals surface area contributed by atoms with E-state index in [4.69, 9.17) is 9.47 Å². The second-order valence-corrected chi connectivity index (χ2v) is 6.35. The number of methoxy groups -OCH3 is 1. The number of para-hydroxylation sites is 1. The van der Waals surface area contributed by atoms with Gasteiger partial charge in [0.05, 0.1) is 19.6 Å².